The zero-order chi connectivity index (χ0) is 14.2. The molecule has 7 heteroatoms. The van der Waals surface area contributed by atoms with E-state index >= 15 is 0 Å². The lowest BCUT2D eigenvalue weighted by Gasteiger charge is -2.42. The second kappa shape index (κ2) is 5.14. The first kappa shape index (κ1) is 13.5. The van der Waals surface area contributed by atoms with Crippen LogP contribution in [0.4, 0.5) is 4.79 Å². The summed E-state index contributed by atoms with van der Waals surface area (Å²) in [6.45, 7) is 8.35. The molecule has 7 nitrogen and oxygen atoms in total. The van der Waals surface area contributed by atoms with Crippen LogP contribution in [0.3, 0.4) is 0 Å². The average Bonchev–Trinajstić information content (AvgIpc) is 3.08. The predicted octanol–water partition coefficient (Wildman–Crippen LogP) is 0.431. The van der Waals surface area contributed by atoms with Crippen molar-refractivity contribution in [2.45, 2.75) is 31.9 Å². The molecular weight excluding hydrogens is 258 g/mol. The van der Waals surface area contributed by atoms with E-state index in [-0.39, 0.29) is 11.6 Å². The molecule has 0 saturated carbocycles. The summed E-state index contributed by atoms with van der Waals surface area (Å²) in [5.41, 5.74) is -0.210. The molecule has 0 aliphatic carbocycles. The molecule has 1 atom stereocenters. The molecule has 110 valence electrons. The third kappa shape index (κ3) is 2.43. The minimum Gasteiger partial charge on any atom is -0.370 e. The maximum Gasteiger partial charge on any atom is 0.346 e. The second-order valence-corrected chi connectivity index (χ2v) is 5.89. The van der Waals surface area contributed by atoms with Gasteiger partial charge in [0.1, 0.15) is 18.3 Å². The summed E-state index contributed by atoms with van der Waals surface area (Å²) in [6, 6.07) is 0.389. The van der Waals surface area contributed by atoms with Crippen molar-refractivity contribution in [2.24, 2.45) is 0 Å². The van der Waals surface area contributed by atoms with Gasteiger partial charge in [-0.3, -0.25) is 4.90 Å². The molecular formula is C13H21N5O2. The highest BCUT2D eigenvalue weighted by Gasteiger charge is 2.44. The molecule has 1 spiro atoms. The number of hydrogen-bond acceptors (Lipinski definition) is 5. The number of likely N-dealkylation sites (tertiary alicyclic amines) is 1. The minimum atomic E-state index is -0.210. The Morgan fingerprint density at radius 2 is 2.20 bits per heavy atom. The quantitative estimate of drug-likeness (QED) is 0.746. The van der Waals surface area contributed by atoms with Crippen LogP contribution < -0.4 is 0 Å². The topological polar surface area (TPSA) is 63.5 Å². The van der Waals surface area contributed by atoms with Gasteiger partial charge in [-0.15, -0.1) is 0 Å². The summed E-state index contributed by atoms with van der Waals surface area (Å²) in [4.78, 5) is 20.3. The zero-order valence-electron chi connectivity index (χ0n) is 12.0. The van der Waals surface area contributed by atoms with E-state index in [4.69, 9.17) is 4.74 Å². The standard InChI is InChI=1S/C13H21N5O2/c1-11(2)16-5-6-20-13(7-16)3-4-17(8-13)12(19)18-10-14-9-15-18/h9-11H,3-8H2,1-2H3. The Hall–Kier alpha value is -1.47. The molecule has 2 aliphatic heterocycles. The van der Waals surface area contributed by atoms with Gasteiger partial charge in [-0.2, -0.15) is 9.78 Å². The van der Waals surface area contributed by atoms with Crippen LogP contribution in [0.1, 0.15) is 20.3 Å². The fourth-order valence-corrected chi connectivity index (χ4v) is 3.02. The lowest BCUT2D eigenvalue weighted by Crippen LogP contribution is -2.55. The number of carbonyl (C=O) groups is 1. The number of aromatic nitrogens is 3. The van der Waals surface area contributed by atoms with Crippen molar-refractivity contribution in [1.82, 2.24) is 24.6 Å². The van der Waals surface area contributed by atoms with E-state index in [9.17, 15) is 4.79 Å². The summed E-state index contributed by atoms with van der Waals surface area (Å²) in [5, 5.41) is 3.90. The van der Waals surface area contributed by atoms with Crippen molar-refractivity contribution < 1.29 is 9.53 Å². The molecule has 3 rings (SSSR count). The highest BCUT2D eigenvalue weighted by Crippen LogP contribution is 2.30. The number of carbonyl (C=O) groups excluding carboxylic acids is 1. The predicted molar refractivity (Wildman–Crippen MR) is 72.4 cm³/mol. The molecule has 1 unspecified atom stereocenters. The average molecular weight is 279 g/mol. The monoisotopic (exact) mass is 279 g/mol. The Balaban J connectivity index is 1.68. The third-order valence-corrected chi connectivity index (χ3v) is 4.21. The largest absolute Gasteiger partial charge is 0.370 e. The molecule has 1 aromatic heterocycles. The molecule has 20 heavy (non-hydrogen) atoms. The van der Waals surface area contributed by atoms with Crippen LogP contribution >= 0.6 is 0 Å². The fourth-order valence-electron chi connectivity index (χ4n) is 3.02. The fraction of sp³-hybridized carbons (Fsp3) is 0.769. The van der Waals surface area contributed by atoms with Crippen molar-refractivity contribution in [3.05, 3.63) is 12.7 Å². The van der Waals surface area contributed by atoms with Gasteiger partial charge < -0.3 is 9.64 Å². The number of ether oxygens (including phenoxy) is 1. The van der Waals surface area contributed by atoms with Gasteiger partial charge in [0, 0.05) is 25.7 Å². The smallest absolute Gasteiger partial charge is 0.346 e. The molecule has 0 N–H and O–H groups in total. The van der Waals surface area contributed by atoms with Crippen LogP contribution in [0.5, 0.6) is 0 Å². The van der Waals surface area contributed by atoms with E-state index in [1.807, 2.05) is 0 Å². The van der Waals surface area contributed by atoms with Crippen molar-refractivity contribution in [3.8, 4) is 0 Å². The molecule has 3 heterocycles. The normalized spacial score (nSPS) is 27.6. The zero-order valence-corrected chi connectivity index (χ0v) is 12.0. The van der Waals surface area contributed by atoms with Crippen LogP contribution in [0.25, 0.3) is 0 Å². The van der Waals surface area contributed by atoms with Crippen LogP contribution in [-0.4, -0.2) is 75.0 Å². The highest BCUT2D eigenvalue weighted by atomic mass is 16.5. The van der Waals surface area contributed by atoms with Gasteiger partial charge in [0.2, 0.25) is 0 Å². The van der Waals surface area contributed by atoms with Crippen LogP contribution in [0.2, 0.25) is 0 Å². The Morgan fingerprint density at radius 1 is 1.35 bits per heavy atom. The van der Waals surface area contributed by atoms with E-state index in [1.54, 1.807) is 4.90 Å². The number of amides is 1. The van der Waals surface area contributed by atoms with Crippen LogP contribution in [0, 0.1) is 0 Å². The van der Waals surface area contributed by atoms with E-state index in [1.165, 1.54) is 17.3 Å². The summed E-state index contributed by atoms with van der Waals surface area (Å²) >= 11 is 0. The molecule has 2 aliphatic rings. The van der Waals surface area contributed by atoms with Crippen molar-refractivity contribution >= 4 is 6.03 Å². The van der Waals surface area contributed by atoms with Gasteiger partial charge in [0.25, 0.3) is 0 Å². The number of rotatable bonds is 1. The Bertz CT molecular complexity index is 475. The summed E-state index contributed by atoms with van der Waals surface area (Å²) < 4.78 is 7.30. The maximum atomic E-state index is 12.3. The molecule has 2 saturated heterocycles. The Labute approximate surface area is 118 Å². The summed E-state index contributed by atoms with van der Waals surface area (Å²) in [7, 11) is 0. The molecule has 0 aromatic carbocycles. The SMILES string of the molecule is CC(C)N1CCOC2(CCN(C(=O)n3cncn3)C2)C1. The van der Waals surface area contributed by atoms with Crippen molar-refractivity contribution in [3.63, 3.8) is 0 Å². The number of hydrogen-bond donors (Lipinski definition) is 0. The Morgan fingerprint density at radius 3 is 2.90 bits per heavy atom. The first-order valence-corrected chi connectivity index (χ1v) is 7.12. The molecule has 0 radical (unpaired) electrons. The Kier molecular flexibility index (Phi) is 3.47. The summed E-state index contributed by atoms with van der Waals surface area (Å²) in [6.07, 6.45) is 3.70. The molecule has 0 bridgehead atoms. The molecule has 1 amide bonds. The van der Waals surface area contributed by atoms with Crippen LogP contribution in [0.15, 0.2) is 12.7 Å². The highest BCUT2D eigenvalue weighted by molar-refractivity contribution is 5.76. The minimum absolute atomic E-state index is 0.121. The van der Waals surface area contributed by atoms with Gasteiger partial charge in [0.05, 0.1) is 13.2 Å². The van der Waals surface area contributed by atoms with Crippen molar-refractivity contribution in [1.29, 1.82) is 0 Å². The first-order valence-electron chi connectivity index (χ1n) is 7.12. The lowest BCUT2D eigenvalue weighted by atomic mass is 10.00. The van der Waals surface area contributed by atoms with Gasteiger partial charge >= 0.3 is 6.03 Å². The van der Waals surface area contributed by atoms with Gasteiger partial charge in [-0.1, -0.05) is 0 Å². The van der Waals surface area contributed by atoms with E-state index < -0.39 is 0 Å². The molecule has 1 aromatic rings. The molecule has 2 fully saturated rings. The third-order valence-electron chi connectivity index (χ3n) is 4.21. The van der Waals surface area contributed by atoms with E-state index in [0.29, 0.717) is 19.1 Å². The number of nitrogens with zero attached hydrogens (tertiary/aromatic N) is 5. The first-order chi connectivity index (χ1) is 9.60. The van der Waals surface area contributed by atoms with Crippen molar-refractivity contribution in [2.75, 3.05) is 32.8 Å². The van der Waals surface area contributed by atoms with Gasteiger partial charge in [0.15, 0.2) is 0 Å². The lowest BCUT2D eigenvalue weighted by molar-refractivity contribution is -0.107. The van der Waals surface area contributed by atoms with E-state index in [2.05, 4.69) is 28.8 Å². The van der Waals surface area contributed by atoms with Gasteiger partial charge in [-0.05, 0) is 20.3 Å². The van der Waals surface area contributed by atoms with E-state index in [0.717, 1.165) is 26.1 Å². The number of morpholine rings is 1. The second-order valence-electron chi connectivity index (χ2n) is 5.89. The van der Waals surface area contributed by atoms with Crippen LogP contribution in [-0.2, 0) is 4.74 Å². The maximum absolute atomic E-state index is 12.3. The summed E-state index contributed by atoms with van der Waals surface area (Å²) in [5.74, 6) is 0. The van der Waals surface area contributed by atoms with Gasteiger partial charge in [-0.25, -0.2) is 9.78 Å².